The van der Waals surface area contributed by atoms with Crippen LogP contribution in [0.25, 0.3) is 0 Å². The van der Waals surface area contributed by atoms with Crippen molar-refractivity contribution >= 4 is 17.7 Å². The minimum Gasteiger partial charge on any atom is -0.460 e. The summed E-state index contributed by atoms with van der Waals surface area (Å²) in [5.41, 5.74) is 1.26. The summed E-state index contributed by atoms with van der Waals surface area (Å²) in [6, 6.07) is 17.9. The zero-order valence-corrected chi connectivity index (χ0v) is 13.8. The number of para-hydroxylation sites is 1. The van der Waals surface area contributed by atoms with Crippen LogP contribution in [0.15, 0.2) is 60.7 Å². The van der Waals surface area contributed by atoms with E-state index in [9.17, 15) is 9.59 Å². The third-order valence-corrected chi connectivity index (χ3v) is 3.40. The lowest BCUT2D eigenvalue weighted by atomic mass is 10.2. The summed E-state index contributed by atoms with van der Waals surface area (Å²) in [5.74, 6) is -0.391. The van der Waals surface area contributed by atoms with Gasteiger partial charge in [0.1, 0.15) is 6.61 Å². The van der Waals surface area contributed by atoms with E-state index >= 15 is 0 Å². The normalized spacial score (nSPS) is 10.0. The first kappa shape index (κ1) is 17.5. The number of benzene rings is 2. The zero-order valence-electron chi connectivity index (χ0n) is 13.8. The van der Waals surface area contributed by atoms with Crippen molar-refractivity contribution < 1.29 is 14.3 Å². The minimum absolute atomic E-state index is 0.127. The van der Waals surface area contributed by atoms with Crippen LogP contribution in [0.2, 0.25) is 0 Å². The molecule has 0 atom stereocenters. The lowest BCUT2D eigenvalue weighted by molar-refractivity contribution is 0.0516. The van der Waals surface area contributed by atoms with E-state index in [0.717, 1.165) is 12.1 Å². The van der Waals surface area contributed by atoms with E-state index in [-0.39, 0.29) is 19.2 Å². The molecule has 0 saturated heterocycles. The second-order valence-electron chi connectivity index (χ2n) is 5.22. The van der Waals surface area contributed by atoms with E-state index < -0.39 is 5.97 Å². The average Bonchev–Trinajstić information content (AvgIpc) is 2.64. The Hall–Kier alpha value is -2.82. The van der Waals surface area contributed by atoms with Crippen molar-refractivity contribution in [2.24, 2.45) is 0 Å². The summed E-state index contributed by atoms with van der Waals surface area (Å²) in [6.07, 6.45) is 0.858. The molecule has 0 fully saturated rings. The molecule has 0 aliphatic rings. The van der Waals surface area contributed by atoms with Gasteiger partial charge in [-0.3, -0.25) is 4.90 Å². The van der Waals surface area contributed by atoms with Crippen molar-refractivity contribution in [1.29, 1.82) is 0 Å². The van der Waals surface area contributed by atoms with Crippen molar-refractivity contribution in [3.63, 3.8) is 0 Å². The molecule has 2 rings (SSSR count). The van der Waals surface area contributed by atoms with Crippen LogP contribution < -0.4 is 10.2 Å². The van der Waals surface area contributed by atoms with Gasteiger partial charge in [-0.15, -0.1) is 0 Å². The van der Waals surface area contributed by atoms with Crippen molar-refractivity contribution in [3.05, 3.63) is 66.2 Å². The highest BCUT2D eigenvalue weighted by Crippen LogP contribution is 2.13. The van der Waals surface area contributed by atoms with E-state index in [1.165, 1.54) is 0 Å². The number of carbonyl (C=O) groups excluding carboxylic acids is 2. The Labute approximate surface area is 142 Å². The number of nitrogens with one attached hydrogen (secondary N) is 1. The van der Waals surface area contributed by atoms with Crippen molar-refractivity contribution in [2.45, 2.75) is 13.3 Å². The lowest BCUT2D eigenvalue weighted by Gasteiger charge is -2.23. The monoisotopic (exact) mass is 326 g/mol. The van der Waals surface area contributed by atoms with Gasteiger partial charge in [-0.25, -0.2) is 9.59 Å². The number of amides is 2. The third-order valence-electron chi connectivity index (χ3n) is 3.40. The number of rotatable bonds is 7. The van der Waals surface area contributed by atoms with E-state index in [1.807, 2.05) is 43.3 Å². The van der Waals surface area contributed by atoms with Gasteiger partial charge >= 0.3 is 12.0 Å². The van der Waals surface area contributed by atoms with Gasteiger partial charge in [0.25, 0.3) is 0 Å². The number of carbonyl (C=O) groups is 2. The zero-order chi connectivity index (χ0) is 17.2. The summed E-state index contributed by atoms with van der Waals surface area (Å²) < 4.78 is 5.27. The molecular weight excluding hydrogens is 304 g/mol. The predicted octanol–water partition coefficient (Wildman–Crippen LogP) is 3.47. The molecule has 5 heteroatoms. The minimum atomic E-state index is -0.391. The molecule has 126 valence electrons. The highest BCUT2D eigenvalue weighted by molar-refractivity contribution is 5.92. The predicted molar refractivity (Wildman–Crippen MR) is 94.2 cm³/mol. The van der Waals surface area contributed by atoms with Crippen molar-refractivity contribution in [2.75, 3.05) is 24.6 Å². The fourth-order valence-corrected chi connectivity index (χ4v) is 2.17. The maximum absolute atomic E-state index is 12.3. The quantitative estimate of drug-likeness (QED) is 0.793. The molecule has 0 radical (unpaired) electrons. The fraction of sp³-hybridized carbons (Fsp3) is 0.263. The molecule has 0 aromatic heterocycles. The third kappa shape index (κ3) is 5.12. The Bertz CT molecular complexity index is 644. The van der Waals surface area contributed by atoms with Gasteiger partial charge in [-0.2, -0.15) is 0 Å². The van der Waals surface area contributed by atoms with E-state index in [0.29, 0.717) is 12.1 Å². The molecule has 0 unspecified atom stereocenters. The van der Waals surface area contributed by atoms with E-state index in [1.54, 1.807) is 29.2 Å². The van der Waals surface area contributed by atoms with Gasteiger partial charge < -0.3 is 10.1 Å². The Morgan fingerprint density at radius 3 is 2.25 bits per heavy atom. The van der Waals surface area contributed by atoms with Crippen molar-refractivity contribution in [1.82, 2.24) is 5.32 Å². The largest absolute Gasteiger partial charge is 0.460 e. The van der Waals surface area contributed by atoms with Gasteiger partial charge in [0.15, 0.2) is 0 Å². The summed E-state index contributed by atoms with van der Waals surface area (Å²) in [7, 11) is 0. The Morgan fingerprint density at radius 1 is 1.00 bits per heavy atom. The maximum atomic E-state index is 12.3. The van der Waals surface area contributed by atoms with Gasteiger partial charge in [0.05, 0.1) is 12.1 Å². The van der Waals surface area contributed by atoms with Crippen LogP contribution >= 0.6 is 0 Å². The second kappa shape index (κ2) is 9.35. The summed E-state index contributed by atoms with van der Waals surface area (Å²) >= 11 is 0. The maximum Gasteiger partial charge on any atom is 0.338 e. The van der Waals surface area contributed by atoms with Gasteiger partial charge in [-0.1, -0.05) is 43.3 Å². The number of ether oxygens (including phenoxy) is 1. The highest BCUT2D eigenvalue weighted by Gasteiger charge is 2.16. The molecule has 24 heavy (non-hydrogen) atoms. The first-order valence-electron chi connectivity index (χ1n) is 8.05. The highest BCUT2D eigenvalue weighted by atomic mass is 16.5. The molecule has 0 heterocycles. The van der Waals surface area contributed by atoms with E-state index in [4.69, 9.17) is 4.74 Å². The molecule has 2 aromatic carbocycles. The standard InChI is InChI=1S/C19H22N2O3/c1-2-13-20-19(23)21(17-11-7-4-8-12-17)14-15-24-18(22)16-9-5-3-6-10-16/h3-12H,2,13-15H2,1H3,(H,20,23). The smallest absolute Gasteiger partial charge is 0.338 e. The average molecular weight is 326 g/mol. The van der Waals surface area contributed by atoms with E-state index in [2.05, 4.69) is 5.32 Å². The lowest BCUT2D eigenvalue weighted by Crippen LogP contribution is -2.42. The van der Waals surface area contributed by atoms with Crippen molar-refractivity contribution in [3.8, 4) is 0 Å². The molecule has 0 spiro atoms. The Morgan fingerprint density at radius 2 is 1.62 bits per heavy atom. The number of urea groups is 1. The summed E-state index contributed by atoms with van der Waals surface area (Å²) in [4.78, 5) is 25.9. The molecule has 0 aliphatic heterocycles. The number of hydrogen-bond acceptors (Lipinski definition) is 3. The Kier molecular flexibility index (Phi) is 6.83. The molecule has 0 saturated carbocycles. The fourth-order valence-electron chi connectivity index (χ4n) is 2.17. The van der Waals surface area contributed by atoms with Gasteiger partial charge in [-0.05, 0) is 30.7 Å². The molecule has 0 bridgehead atoms. The molecule has 5 nitrogen and oxygen atoms in total. The van der Waals surface area contributed by atoms with Crippen LogP contribution in [0.4, 0.5) is 10.5 Å². The van der Waals surface area contributed by atoms with Gasteiger partial charge in [0, 0.05) is 12.2 Å². The topological polar surface area (TPSA) is 58.6 Å². The van der Waals surface area contributed by atoms with Crippen LogP contribution in [-0.4, -0.2) is 31.7 Å². The van der Waals surface area contributed by atoms with Gasteiger partial charge in [0.2, 0.25) is 0 Å². The molecular formula is C19H22N2O3. The summed E-state index contributed by atoms with van der Waals surface area (Å²) in [6.45, 7) is 3.01. The number of anilines is 1. The molecule has 0 aliphatic carbocycles. The second-order valence-corrected chi connectivity index (χ2v) is 5.22. The van der Waals surface area contributed by atoms with Crippen LogP contribution in [-0.2, 0) is 4.74 Å². The van der Waals surface area contributed by atoms with Crippen LogP contribution in [0.1, 0.15) is 23.7 Å². The molecule has 2 amide bonds. The van der Waals surface area contributed by atoms with Crippen LogP contribution in [0, 0.1) is 0 Å². The van der Waals surface area contributed by atoms with Crippen LogP contribution in [0.3, 0.4) is 0 Å². The molecule has 2 aromatic rings. The number of hydrogen-bond donors (Lipinski definition) is 1. The van der Waals surface area contributed by atoms with Crippen LogP contribution in [0.5, 0.6) is 0 Å². The first-order chi connectivity index (χ1) is 11.7. The summed E-state index contributed by atoms with van der Waals surface area (Å²) in [5, 5.41) is 2.85. The first-order valence-corrected chi connectivity index (χ1v) is 8.05. The molecule has 1 N–H and O–H groups in total. The SMILES string of the molecule is CCCNC(=O)N(CCOC(=O)c1ccccc1)c1ccccc1. The Balaban J connectivity index is 1.96. The number of esters is 1. The number of nitrogens with zero attached hydrogens (tertiary/aromatic N) is 1.